The van der Waals surface area contributed by atoms with Crippen molar-refractivity contribution in [3.8, 4) is 0 Å². The van der Waals surface area contributed by atoms with E-state index >= 15 is 0 Å². The van der Waals surface area contributed by atoms with Gasteiger partial charge in [-0.15, -0.1) is 0 Å². The lowest BCUT2D eigenvalue weighted by atomic mass is 9.91. The number of aliphatic hydroxyl groups is 1. The number of aliphatic hydroxyl groups excluding tert-OH is 1. The first kappa shape index (κ1) is 9.63. The fourth-order valence-corrected chi connectivity index (χ4v) is 0.758. The maximum atomic E-state index is 9.98. The summed E-state index contributed by atoms with van der Waals surface area (Å²) in [6.07, 6.45) is 0.570. The number of aldehydes is 1. The van der Waals surface area contributed by atoms with Crippen molar-refractivity contribution >= 4 is 6.29 Å². The molecule has 0 aliphatic carbocycles. The Hall–Kier alpha value is -0.370. The van der Waals surface area contributed by atoms with Crippen molar-refractivity contribution in [1.29, 1.82) is 0 Å². The molecule has 60 valence electrons. The van der Waals surface area contributed by atoms with E-state index in [4.69, 9.17) is 0 Å². The fraction of sp³-hybridized carbons (Fsp3) is 0.875. The molecular formula is C8H16O2. The topological polar surface area (TPSA) is 37.3 Å². The molecule has 2 heteroatoms. The Morgan fingerprint density at radius 1 is 1.40 bits per heavy atom. The summed E-state index contributed by atoms with van der Waals surface area (Å²) < 4.78 is 0. The first-order valence-electron chi connectivity index (χ1n) is 3.71. The molecule has 2 unspecified atom stereocenters. The molecule has 0 aromatic carbocycles. The third-order valence-corrected chi connectivity index (χ3v) is 2.00. The zero-order chi connectivity index (χ0) is 8.15. The van der Waals surface area contributed by atoms with Gasteiger partial charge in [-0.05, 0) is 11.8 Å². The smallest absolute Gasteiger partial charge is 0.122 e. The lowest BCUT2D eigenvalue weighted by Gasteiger charge is -2.19. The van der Waals surface area contributed by atoms with Crippen LogP contribution < -0.4 is 0 Å². The van der Waals surface area contributed by atoms with Gasteiger partial charge in [-0.3, -0.25) is 0 Å². The van der Waals surface area contributed by atoms with Gasteiger partial charge in [0, 0.05) is 6.42 Å². The van der Waals surface area contributed by atoms with Gasteiger partial charge in [-0.1, -0.05) is 20.8 Å². The molecule has 0 amide bonds. The van der Waals surface area contributed by atoms with Crippen LogP contribution in [-0.4, -0.2) is 17.5 Å². The summed E-state index contributed by atoms with van der Waals surface area (Å²) in [4.78, 5) is 9.98. The van der Waals surface area contributed by atoms with Crippen LogP contribution in [0.3, 0.4) is 0 Å². The van der Waals surface area contributed by atoms with E-state index in [1.165, 1.54) is 0 Å². The second-order valence-electron chi connectivity index (χ2n) is 3.07. The van der Waals surface area contributed by atoms with Crippen LogP contribution in [0.15, 0.2) is 0 Å². The highest BCUT2D eigenvalue weighted by molar-refractivity contribution is 5.50. The minimum absolute atomic E-state index is 0.213. The van der Waals surface area contributed by atoms with Gasteiger partial charge in [0.2, 0.25) is 0 Å². The van der Waals surface area contributed by atoms with Gasteiger partial charge in [-0.2, -0.15) is 0 Å². The molecule has 1 N–H and O–H groups in total. The largest absolute Gasteiger partial charge is 0.392 e. The van der Waals surface area contributed by atoms with E-state index in [0.29, 0.717) is 5.92 Å². The van der Waals surface area contributed by atoms with Crippen LogP contribution in [0.4, 0.5) is 0 Å². The van der Waals surface area contributed by atoms with E-state index in [2.05, 4.69) is 0 Å². The summed E-state index contributed by atoms with van der Waals surface area (Å²) in [7, 11) is 0. The average Bonchev–Trinajstić information content (AvgIpc) is 1.87. The lowest BCUT2D eigenvalue weighted by Crippen LogP contribution is -2.22. The second-order valence-corrected chi connectivity index (χ2v) is 3.07. The quantitative estimate of drug-likeness (QED) is 0.602. The summed E-state index contributed by atoms with van der Waals surface area (Å²) in [5.41, 5.74) is 0. The fourth-order valence-electron chi connectivity index (χ4n) is 0.758. The molecule has 0 aliphatic rings. The Morgan fingerprint density at radius 3 is 2.20 bits per heavy atom. The van der Waals surface area contributed by atoms with Crippen molar-refractivity contribution in [1.82, 2.24) is 0 Å². The SMILES string of the molecule is CC(C)C(C)C(O)CC=O. The van der Waals surface area contributed by atoms with Gasteiger partial charge in [-0.25, -0.2) is 0 Å². The standard InChI is InChI=1S/C8H16O2/c1-6(2)7(3)8(10)4-5-9/h5-8,10H,4H2,1-3H3. The Kier molecular flexibility index (Phi) is 4.28. The molecule has 0 aromatic rings. The van der Waals surface area contributed by atoms with Crippen LogP contribution in [0, 0.1) is 11.8 Å². The van der Waals surface area contributed by atoms with Crippen molar-refractivity contribution in [3.05, 3.63) is 0 Å². The zero-order valence-corrected chi connectivity index (χ0v) is 6.87. The zero-order valence-electron chi connectivity index (χ0n) is 6.87. The van der Waals surface area contributed by atoms with E-state index in [1.807, 2.05) is 20.8 Å². The summed E-state index contributed by atoms with van der Waals surface area (Å²) in [5.74, 6) is 0.653. The summed E-state index contributed by atoms with van der Waals surface area (Å²) in [6.45, 7) is 6.04. The van der Waals surface area contributed by atoms with Crippen molar-refractivity contribution in [2.45, 2.75) is 33.3 Å². The van der Waals surface area contributed by atoms with Gasteiger partial charge in [0.05, 0.1) is 6.10 Å². The first-order chi connectivity index (χ1) is 4.59. The molecule has 0 fully saturated rings. The van der Waals surface area contributed by atoms with Gasteiger partial charge in [0.15, 0.2) is 0 Å². The molecular weight excluding hydrogens is 128 g/mol. The van der Waals surface area contributed by atoms with Crippen LogP contribution in [0.1, 0.15) is 27.2 Å². The highest BCUT2D eigenvalue weighted by atomic mass is 16.3. The first-order valence-corrected chi connectivity index (χ1v) is 3.71. The van der Waals surface area contributed by atoms with Crippen LogP contribution in [0.5, 0.6) is 0 Å². The third-order valence-electron chi connectivity index (χ3n) is 2.00. The maximum absolute atomic E-state index is 9.98. The summed E-state index contributed by atoms with van der Waals surface area (Å²) in [6, 6.07) is 0. The van der Waals surface area contributed by atoms with Crippen molar-refractivity contribution < 1.29 is 9.90 Å². The number of rotatable bonds is 4. The molecule has 0 spiro atoms. The van der Waals surface area contributed by atoms with Gasteiger partial charge >= 0.3 is 0 Å². The van der Waals surface area contributed by atoms with Crippen LogP contribution in [0.2, 0.25) is 0 Å². The molecule has 2 nitrogen and oxygen atoms in total. The number of hydrogen-bond donors (Lipinski definition) is 1. The van der Waals surface area contributed by atoms with Gasteiger partial charge < -0.3 is 9.90 Å². The molecule has 0 rings (SSSR count). The molecule has 2 atom stereocenters. The molecule has 10 heavy (non-hydrogen) atoms. The molecule has 0 saturated heterocycles. The predicted molar refractivity (Wildman–Crippen MR) is 40.7 cm³/mol. The van der Waals surface area contributed by atoms with Crippen LogP contribution in [0.25, 0.3) is 0 Å². The average molecular weight is 144 g/mol. The minimum Gasteiger partial charge on any atom is -0.392 e. The molecule has 0 heterocycles. The highest BCUT2D eigenvalue weighted by Crippen LogP contribution is 2.15. The molecule has 0 radical (unpaired) electrons. The van der Waals surface area contributed by atoms with E-state index in [9.17, 15) is 9.90 Å². The Labute approximate surface area is 62.2 Å². The van der Waals surface area contributed by atoms with E-state index < -0.39 is 6.10 Å². The van der Waals surface area contributed by atoms with E-state index in [-0.39, 0.29) is 12.3 Å². The van der Waals surface area contributed by atoms with Crippen molar-refractivity contribution in [2.75, 3.05) is 0 Å². The highest BCUT2D eigenvalue weighted by Gasteiger charge is 2.16. The van der Waals surface area contributed by atoms with Crippen LogP contribution in [-0.2, 0) is 4.79 Å². The van der Waals surface area contributed by atoms with Gasteiger partial charge in [0.1, 0.15) is 6.29 Å². The maximum Gasteiger partial charge on any atom is 0.122 e. The van der Waals surface area contributed by atoms with Gasteiger partial charge in [0.25, 0.3) is 0 Å². The number of carbonyl (C=O) groups excluding carboxylic acids is 1. The normalized spacial score (nSPS) is 16.9. The van der Waals surface area contributed by atoms with Crippen molar-refractivity contribution in [3.63, 3.8) is 0 Å². The lowest BCUT2D eigenvalue weighted by molar-refractivity contribution is -0.110. The predicted octanol–water partition coefficient (Wildman–Crippen LogP) is 1.23. The molecule has 0 aromatic heterocycles. The number of hydrogen-bond acceptors (Lipinski definition) is 2. The number of carbonyl (C=O) groups is 1. The minimum atomic E-state index is -0.461. The summed E-state index contributed by atoms with van der Waals surface area (Å²) >= 11 is 0. The summed E-state index contributed by atoms with van der Waals surface area (Å²) in [5, 5.41) is 9.26. The van der Waals surface area contributed by atoms with Crippen molar-refractivity contribution in [2.24, 2.45) is 11.8 Å². The Bertz CT molecular complexity index is 99.4. The van der Waals surface area contributed by atoms with Crippen LogP contribution >= 0.6 is 0 Å². The monoisotopic (exact) mass is 144 g/mol. The Balaban J connectivity index is 3.68. The third kappa shape index (κ3) is 2.97. The molecule has 0 aliphatic heterocycles. The van der Waals surface area contributed by atoms with E-state index in [1.54, 1.807) is 0 Å². The second kappa shape index (κ2) is 4.45. The Morgan fingerprint density at radius 2 is 1.90 bits per heavy atom. The van der Waals surface area contributed by atoms with E-state index in [0.717, 1.165) is 6.29 Å². The molecule has 0 saturated carbocycles. The molecule has 0 bridgehead atoms.